The summed E-state index contributed by atoms with van der Waals surface area (Å²) in [5, 5.41) is 5.10. The maximum absolute atomic E-state index is 12.0. The summed E-state index contributed by atoms with van der Waals surface area (Å²) in [5.41, 5.74) is 6.06. The molecule has 1 rings (SSSR count). The lowest BCUT2D eigenvalue weighted by atomic mass is 10.2. The zero-order valence-corrected chi connectivity index (χ0v) is 11.5. The van der Waals surface area contributed by atoms with Gasteiger partial charge in [0.15, 0.2) is 0 Å². The lowest BCUT2D eigenvalue weighted by Gasteiger charge is -2.11. The van der Waals surface area contributed by atoms with E-state index in [1.807, 2.05) is 6.92 Å². The number of carbonyl (C=O) groups excluding carboxylic acids is 1. The summed E-state index contributed by atoms with van der Waals surface area (Å²) in [6.45, 7) is 2.38. The van der Waals surface area contributed by atoms with Crippen molar-refractivity contribution < 1.29 is 22.7 Å². The zero-order valence-electron chi connectivity index (χ0n) is 11.5. The molecule has 1 atom stereocenters. The third kappa shape index (κ3) is 7.40. The van der Waals surface area contributed by atoms with Crippen molar-refractivity contribution in [1.82, 2.24) is 5.32 Å². The molecule has 0 bridgehead atoms. The molecule has 0 fully saturated rings. The van der Waals surface area contributed by atoms with Crippen LogP contribution in [0.3, 0.4) is 0 Å². The quantitative estimate of drug-likeness (QED) is 0.756. The van der Waals surface area contributed by atoms with E-state index in [2.05, 4.69) is 15.4 Å². The fourth-order valence-electron chi connectivity index (χ4n) is 1.49. The summed E-state index contributed by atoms with van der Waals surface area (Å²) < 4.78 is 39.6. The largest absolute Gasteiger partial charge is 0.573 e. The van der Waals surface area contributed by atoms with Gasteiger partial charge in [-0.05, 0) is 37.1 Å². The molecule has 0 spiro atoms. The van der Waals surface area contributed by atoms with Gasteiger partial charge in [0.05, 0.1) is 0 Å². The van der Waals surface area contributed by atoms with E-state index in [0.29, 0.717) is 18.7 Å². The Labute approximate surface area is 120 Å². The molecule has 0 saturated carbocycles. The van der Waals surface area contributed by atoms with Crippen molar-refractivity contribution in [1.29, 1.82) is 0 Å². The van der Waals surface area contributed by atoms with Crippen molar-refractivity contribution in [2.75, 3.05) is 11.9 Å². The van der Waals surface area contributed by atoms with E-state index < -0.39 is 12.4 Å². The number of amides is 2. The van der Waals surface area contributed by atoms with Crippen LogP contribution in [0.25, 0.3) is 0 Å². The van der Waals surface area contributed by atoms with Gasteiger partial charge in [-0.25, -0.2) is 4.79 Å². The number of urea groups is 1. The van der Waals surface area contributed by atoms with Gasteiger partial charge in [0.1, 0.15) is 5.75 Å². The van der Waals surface area contributed by atoms with Crippen LogP contribution in [0.2, 0.25) is 0 Å². The summed E-state index contributed by atoms with van der Waals surface area (Å²) in [7, 11) is 0. The minimum absolute atomic E-state index is 0.0316. The smallest absolute Gasteiger partial charge is 0.406 e. The van der Waals surface area contributed by atoms with Crippen molar-refractivity contribution in [3.05, 3.63) is 24.3 Å². The normalized spacial score (nSPS) is 12.6. The third-order valence-electron chi connectivity index (χ3n) is 2.67. The van der Waals surface area contributed by atoms with E-state index >= 15 is 0 Å². The molecular formula is C13H18F3N3O2. The second kappa shape index (κ2) is 7.72. The fraction of sp³-hybridized carbons (Fsp3) is 0.462. The van der Waals surface area contributed by atoms with Crippen LogP contribution in [0.1, 0.15) is 19.8 Å². The fourth-order valence-corrected chi connectivity index (χ4v) is 1.49. The van der Waals surface area contributed by atoms with E-state index in [-0.39, 0.29) is 11.8 Å². The van der Waals surface area contributed by atoms with Gasteiger partial charge in [-0.3, -0.25) is 0 Å². The Morgan fingerprint density at radius 3 is 2.48 bits per heavy atom. The number of ether oxygens (including phenoxy) is 1. The Hall–Kier alpha value is -1.96. The predicted molar refractivity (Wildman–Crippen MR) is 73.0 cm³/mol. The van der Waals surface area contributed by atoms with E-state index in [1.54, 1.807) is 0 Å². The highest BCUT2D eigenvalue weighted by atomic mass is 19.4. The van der Waals surface area contributed by atoms with Gasteiger partial charge in [-0.15, -0.1) is 13.2 Å². The predicted octanol–water partition coefficient (Wildman–Crippen LogP) is 2.83. The zero-order chi connectivity index (χ0) is 15.9. The van der Waals surface area contributed by atoms with Gasteiger partial charge in [-0.1, -0.05) is 6.92 Å². The molecule has 21 heavy (non-hydrogen) atoms. The monoisotopic (exact) mass is 305 g/mol. The summed E-state index contributed by atoms with van der Waals surface area (Å²) >= 11 is 0. The average molecular weight is 305 g/mol. The number of nitrogens with two attached hydrogens (primary N) is 1. The molecule has 1 unspecified atom stereocenters. The van der Waals surface area contributed by atoms with E-state index in [9.17, 15) is 18.0 Å². The van der Waals surface area contributed by atoms with Crippen LogP contribution in [0.4, 0.5) is 23.7 Å². The molecule has 0 radical (unpaired) electrons. The Morgan fingerprint density at radius 2 is 1.95 bits per heavy atom. The minimum atomic E-state index is -4.73. The van der Waals surface area contributed by atoms with E-state index in [0.717, 1.165) is 18.6 Å². The van der Waals surface area contributed by atoms with Gasteiger partial charge in [0.25, 0.3) is 0 Å². The maximum atomic E-state index is 12.0. The van der Waals surface area contributed by atoms with Gasteiger partial charge in [0, 0.05) is 18.3 Å². The number of alkyl halides is 3. The van der Waals surface area contributed by atoms with Gasteiger partial charge in [0.2, 0.25) is 0 Å². The standard InChI is InChI=1S/C13H18F3N3O2/c1-2-9(17)7-8-18-12(20)19-10-3-5-11(6-4-10)21-13(14,15)16/h3-6,9H,2,7-8,17H2,1H3,(H2,18,19,20). The Morgan fingerprint density at radius 1 is 1.33 bits per heavy atom. The topological polar surface area (TPSA) is 76.4 Å². The Kier molecular flexibility index (Phi) is 6.29. The second-order valence-corrected chi connectivity index (χ2v) is 4.41. The van der Waals surface area contributed by atoms with Gasteiger partial charge < -0.3 is 21.1 Å². The Bertz CT molecular complexity index is 449. The molecule has 5 nitrogen and oxygen atoms in total. The molecule has 118 valence electrons. The van der Waals surface area contributed by atoms with Crippen LogP contribution in [-0.2, 0) is 0 Å². The molecule has 1 aromatic rings. The average Bonchev–Trinajstić information content (AvgIpc) is 2.39. The number of carbonyl (C=O) groups is 1. The summed E-state index contributed by atoms with van der Waals surface area (Å²) in [6, 6.07) is 4.47. The van der Waals surface area contributed by atoms with Gasteiger partial charge >= 0.3 is 12.4 Å². The summed E-state index contributed by atoms with van der Waals surface area (Å²) in [5.74, 6) is -0.345. The lowest BCUT2D eigenvalue weighted by Crippen LogP contribution is -2.33. The van der Waals surface area contributed by atoms with Gasteiger partial charge in [-0.2, -0.15) is 0 Å². The number of halogens is 3. The molecule has 0 aliphatic heterocycles. The molecule has 0 heterocycles. The molecule has 0 aliphatic carbocycles. The van der Waals surface area contributed by atoms with Crippen LogP contribution in [0.15, 0.2) is 24.3 Å². The van der Waals surface area contributed by atoms with Crippen molar-refractivity contribution >= 4 is 11.7 Å². The van der Waals surface area contributed by atoms with E-state index in [1.165, 1.54) is 12.1 Å². The van der Waals surface area contributed by atoms with Crippen LogP contribution in [-0.4, -0.2) is 25.0 Å². The first-order valence-corrected chi connectivity index (χ1v) is 6.46. The van der Waals surface area contributed by atoms with Crippen molar-refractivity contribution in [2.45, 2.75) is 32.2 Å². The first-order chi connectivity index (χ1) is 9.80. The number of rotatable bonds is 6. The van der Waals surface area contributed by atoms with Crippen LogP contribution < -0.4 is 21.1 Å². The summed E-state index contributed by atoms with van der Waals surface area (Å²) in [4.78, 5) is 11.5. The molecular weight excluding hydrogens is 287 g/mol. The Balaban J connectivity index is 2.39. The van der Waals surface area contributed by atoms with Crippen LogP contribution in [0, 0.1) is 0 Å². The van der Waals surface area contributed by atoms with Crippen LogP contribution >= 0.6 is 0 Å². The maximum Gasteiger partial charge on any atom is 0.573 e. The first kappa shape index (κ1) is 17.1. The molecule has 4 N–H and O–H groups in total. The number of hydrogen-bond acceptors (Lipinski definition) is 3. The molecule has 0 saturated heterocycles. The highest BCUT2D eigenvalue weighted by Crippen LogP contribution is 2.23. The SMILES string of the molecule is CCC(N)CCNC(=O)Nc1ccc(OC(F)(F)F)cc1. The third-order valence-corrected chi connectivity index (χ3v) is 2.67. The number of anilines is 1. The first-order valence-electron chi connectivity index (χ1n) is 6.46. The summed E-state index contributed by atoms with van der Waals surface area (Å²) in [6.07, 6.45) is -3.25. The van der Waals surface area contributed by atoms with E-state index in [4.69, 9.17) is 5.73 Å². The molecule has 8 heteroatoms. The van der Waals surface area contributed by atoms with Crippen LogP contribution in [0.5, 0.6) is 5.75 Å². The number of nitrogens with one attached hydrogen (secondary N) is 2. The number of hydrogen-bond donors (Lipinski definition) is 3. The van der Waals surface area contributed by atoms with Crippen molar-refractivity contribution in [3.63, 3.8) is 0 Å². The molecule has 0 aromatic heterocycles. The van der Waals surface area contributed by atoms with Crippen molar-refractivity contribution in [2.24, 2.45) is 5.73 Å². The number of benzene rings is 1. The highest BCUT2D eigenvalue weighted by Gasteiger charge is 2.30. The molecule has 0 aliphatic rings. The molecule has 2 amide bonds. The lowest BCUT2D eigenvalue weighted by molar-refractivity contribution is -0.274. The van der Waals surface area contributed by atoms with Crippen molar-refractivity contribution in [3.8, 4) is 5.75 Å². The molecule has 1 aromatic carbocycles. The highest BCUT2D eigenvalue weighted by molar-refractivity contribution is 5.89. The minimum Gasteiger partial charge on any atom is -0.406 e. The second-order valence-electron chi connectivity index (χ2n) is 4.41.